The van der Waals surface area contributed by atoms with Gasteiger partial charge in [0.05, 0.1) is 11.3 Å². The van der Waals surface area contributed by atoms with Crippen LogP contribution in [0.5, 0.6) is 5.75 Å². The summed E-state index contributed by atoms with van der Waals surface area (Å²) in [5.41, 5.74) is 2.27. The maximum absolute atomic E-state index is 9.11. The van der Waals surface area contributed by atoms with Crippen molar-refractivity contribution in [2.75, 3.05) is 11.9 Å². The zero-order chi connectivity index (χ0) is 15.1. The van der Waals surface area contributed by atoms with E-state index in [2.05, 4.69) is 18.0 Å². The number of hydrogen-bond donors (Lipinski definition) is 1. The summed E-state index contributed by atoms with van der Waals surface area (Å²) in [7, 11) is 0. The van der Waals surface area contributed by atoms with Crippen LogP contribution in [0, 0.1) is 11.3 Å². The molecular formula is C17H15ClN2O. The first-order valence-corrected chi connectivity index (χ1v) is 6.87. The average Bonchev–Trinajstić information content (AvgIpc) is 2.52. The predicted molar refractivity (Wildman–Crippen MR) is 85.6 cm³/mol. The van der Waals surface area contributed by atoms with Gasteiger partial charge in [0.2, 0.25) is 0 Å². The van der Waals surface area contributed by atoms with Gasteiger partial charge in [-0.25, -0.2) is 0 Å². The third kappa shape index (κ3) is 4.01. The van der Waals surface area contributed by atoms with Crippen molar-refractivity contribution in [1.29, 1.82) is 5.26 Å². The Morgan fingerprint density at radius 2 is 2.10 bits per heavy atom. The van der Waals surface area contributed by atoms with Crippen molar-refractivity contribution in [2.45, 2.75) is 6.54 Å². The summed E-state index contributed by atoms with van der Waals surface area (Å²) in [4.78, 5) is 0. The van der Waals surface area contributed by atoms with Crippen LogP contribution in [0.15, 0.2) is 55.1 Å². The van der Waals surface area contributed by atoms with E-state index in [1.807, 2.05) is 24.3 Å². The van der Waals surface area contributed by atoms with E-state index >= 15 is 0 Å². The summed E-state index contributed by atoms with van der Waals surface area (Å²) >= 11 is 5.97. The molecule has 4 heteroatoms. The van der Waals surface area contributed by atoms with Crippen molar-refractivity contribution >= 4 is 17.3 Å². The molecule has 3 nitrogen and oxygen atoms in total. The molecule has 2 rings (SSSR count). The normalized spacial score (nSPS) is 9.71. The molecular weight excluding hydrogens is 284 g/mol. The standard InChI is InChI=1S/C17H15ClN2O/c1-2-9-21-17-6-4-3-5-14(17)12-20-16-10-15(18)8-7-13(16)11-19/h2-8,10,20H,1,9,12H2. The number of nitrogens with one attached hydrogen (secondary N) is 1. The lowest BCUT2D eigenvalue weighted by Crippen LogP contribution is -2.04. The van der Waals surface area contributed by atoms with E-state index in [1.165, 1.54) is 0 Å². The van der Waals surface area contributed by atoms with Gasteiger partial charge in [-0.3, -0.25) is 0 Å². The summed E-state index contributed by atoms with van der Waals surface area (Å²) in [6.45, 7) is 4.64. The fourth-order valence-corrected chi connectivity index (χ4v) is 2.06. The third-order valence-electron chi connectivity index (χ3n) is 2.90. The van der Waals surface area contributed by atoms with Gasteiger partial charge in [-0.1, -0.05) is 42.5 Å². The number of nitriles is 1. The molecule has 0 unspecified atom stereocenters. The van der Waals surface area contributed by atoms with Crippen LogP contribution in [0.2, 0.25) is 5.02 Å². The van der Waals surface area contributed by atoms with E-state index in [9.17, 15) is 0 Å². The summed E-state index contributed by atoms with van der Waals surface area (Å²) < 4.78 is 5.61. The lowest BCUT2D eigenvalue weighted by atomic mass is 10.1. The fourth-order valence-electron chi connectivity index (χ4n) is 1.89. The minimum atomic E-state index is 0.456. The van der Waals surface area contributed by atoms with Crippen molar-refractivity contribution in [1.82, 2.24) is 0 Å². The molecule has 0 heterocycles. The minimum absolute atomic E-state index is 0.456. The van der Waals surface area contributed by atoms with Gasteiger partial charge in [0.25, 0.3) is 0 Å². The van der Waals surface area contributed by atoms with Crippen molar-refractivity contribution in [2.24, 2.45) is 0 Å². The van der Waals surface area contributed by atoms with Crippen molar-refractivity contribution in [3.63, 3.8) is 0 Å². The molecule has 0 amide bonds. The Kier molecular flexibility index (Phi) is 5.25. The van der Waals surface area contributed by atoms with Gasteiger partial charge in [-0.2, -0.15) is 5.26 Å². The van der Waals surface area contributed by atoms with Gasteiger partial charge < -0.3 is 10.1 Å². The lowest BCUT2D eigenvalue weighted by molar-refractivity contribution is 0.359. The quantitative estimate of drug-likeness (QED) is 0.805. The van der Waals surface area contributed by atoms with Crippen LogP contribution in [-0.2, 0) is 6.54 Å². The molecule has 0 aliphatic heterocycles. The van der Waals surface area contributed by atoms with E-state index in [-0.39, 0.29) is 0 Å². The molecule has 0 spiro atoms. The van der Waals surface area contributed by atoms with Crippen molar-refractivity contribution in [3.8, 4) is 11.8 Å². The Morgan fingerprint density at radius 3 is 2.86 bits per heavy atom. The first-order valence-electron chi connectivity index (χ1n) is 6.49. The highest BCUT2D eigenvalue weighted by molar-refractivity contribution is 6.30. The van der Waals surface area contributed by atoms with Crippen LogP contribution in [0.1, 0.15) is 11.1 Å². The van der Waals surface area contributed by atoms with Gasteiger partial charge in [-0.05, 0) is 24.3 Å². The number of halogens is 1. The maximum Gasteiger partial charge on any atom is 0.124 e. The van der Waals surface area contributed by atoms with Crippen molar-refractivity contribution in [3.05, 3.63) is 71.3 Å². The molecule has 0 bridgehead atoms. The number of ether oxygens (including phenoxy) is 1. The third-order valence-corrected chi connectivity index (χ3v) is 3.14. The lowest BCUT2D eigenvalue weighted by Gasteiger charge is -2.12. The van der Waals surface area contributed by atoms with Crippen LogP contribution in [-0.4, -0.2) is 6.61 Å². The minimum Gasteiger partial charge on any atom is -0.489 e. The number of hydrogen-bond acceptors (Lipinski definition) is 3. The molecule has 21 heavy (non-hydrogen) atoms. The molecule has 1 N–H and O–H groups in total. The molecule has 2 aromatic rings. The second-order valence-corrected chi connectivity index (χ2v) is 4.80. The first kappa shape index (κ1) is 15.0. The van der Waals surface area contributed by atoms with E-state index in [4.69, 9.17) is 21.6 Å². The number of rotatable bonds is 6. The molecule has 0 fully saturated rings. The van der Waals surface area contributed by atoms with Crippen LogP contribution >= 0.6 is 11.6 Å². The summed E-state index contributed by atoms with van der Waals surface area (Å²) in [6.07, 6.45) is 1.70. The van der Waals surface area contributed by atoms with Crippen molar-refractivity contribution < 1.29 is 4.74 Å². The van der Waals surface area contributed by atoms with E-state index in [0.29, 0.717) is 29.4 Å². The zero-order valence-electron chi connectivity index (χ0n) is 11.5. The van der Waals surface area contributed by atoms with Crippen LogP contribution in [0.3, 0.4) is 0 Å². The van der Waals surface area contributed by atoms with Gasteiger partial charge in [0, 0.05) is 17.1 Å². The second-order valence-electron chi connectivity index (χ2n) is 4.36. The van der Waals surface area contributed by atoms with E-state index < -0.39 is 0 Å². The average molecular weight is 299 g/mol. The number of para-hydroxylation sites is 1. The Hall–Kier alpha value is -2.44. The maximum atomic E-state index is 9.11. The number of anilines is 1. The second kappa shape index (κ2) is 7.37. The summed E-state index contributed by atoms with van der Waals surface area (Å²) in [5, 5.41) is 12.9. The molecule has 0 aromatic heterocycles. The zero-order valence-corrected chi connectivity index (χ0v) is 12.2. The molecule has 0 aliphatic rings. The van der Waals surface area contributed by atoms with E-state index in [0.717, 1.165) is 11.3 Å². The Labute approximate surface area is 129 Å². The van der Waals surface area contributed by atoms with Gasteiger partial charge >= 0.3 is 0 Å². The Bertz CT molecular complexity index is 677. The smallest absolute Gasteiger partial charge is 0.124 e. The largest absolute Gasteiger partial charge is 0.489 e. The number of nitrogens with zero attached hydrogens (tertiary/aromatic N) is 1. The Morgan fingerprint density at radius 1 is 1.29 bits per heavy atom. The topological polar surface area (TPSA) is 45.0 Å². The molecule has 2 aromatic carbocycles. The van der Waals surface area contributed by atoms with Gasteiger partial charge in [0.1, 0.15) is 18.4 Å². The highest BCUT2D eigenvalue weighted by Gasteiger charge is 2.06. The van der Waals surface area contributed by atoms with Gasteiger partial charge in [-0.15, -0.1) is 0 Å². The van der Waals surface area contributed by atoms with E-state index in [1.54, 1.807) is 24.3 Å². The number of benzene rings is 2. The van der Waals surface area contributed by atoms with Gasteiger partial charge in [0.15, 0.2) is 0 Å². The Balaban J connectivity index is 2.15. The molecule has 0 radical (unpaired) electrons. The van der Waals surface area contributed by atoms with Crippen LogP contribution < -0.4 is 10.1 Å². The fraction of sp³-hybridized carbons (Fsp3) is 0.118. The monoisotopic (exact) mass is 298 g/mol. The molecule has 0 atom stereocenters. The highest BCUT2D eigenvalue weighted by atomic mass is 35.5. The highest BCUT2D eigenvalue weighted by Crippen LogP contribution is 2.23. The first-order chi connectivity index (χ1) is 10.2. The molecule has 0 aliphatic carbocycles. The molecule has 106 valence electrons. The van der Waals surface area contributed by atoms with Crippen LogP contribution in [0.25, 0.3) is 0 Å². The predicted octanol–water partition coefficient (Wildman–Crippen LogP) is 4.39. The molecule has 0 saturated carbocycles. The summed E-state index contributed by atoms with van der Waals surface area (Å²) in [6, 6.07) is 15.0. The van der Waals surface area contributed by atoms with Crippen LogP contribution in [0.4, 0.5) is 5.69 Å². The molecule has 0 saturated heterocycles. The summed E-state index contributed by atoms with van der Waals surface area (Å²) in [5.74, 6) is 0.797. The SMILES string of the molecule is C=CCOc1ccccc1CNc1cc(Cl)ccc1C#N.